The first-order valence-electron chi connectivity index (χ1n) is 14.9. The predicted molar refractivity (Wildman–Crippen MR) is 199 cm³/mol. The summed E-state index contributed by atoms with van der Waals surface area (Å²) in [5.41, 5.74) is 10.2. The lowest BCUT2D eigenvalue weighted by atomic mass is 10.1. The smallest absolute Gasteiger partial charge is 0.414 e. The van der Waals surface area contributed by atoms with Gasteiger partial charge < -0.3 is 30.7 Å². The number of carboxylic acid groups (broad SMARTS) is 2. The fraction of sp³-hybridized carbons (Fsp3) is 0.455. The van der Waals surface area contributed by atoms with Crippen LogP contribution >= 0.6 is 24.4 Å². The molecular weight excluding hydrogens is 673 g/mol. The molecule has 14 nitrogen and oxygen atoms in total. The van der Waals surface area contributed by atoms with Crippen molar-refractivity contribution in [2.75, 3.05) is 58.9 Å². The summed E-state index contributed by atoms with van der Waals surface area (Å²) in [6.07, 6.45) is -1.97. The largest absolute Gasteiger partial charge is 0.465 e. The molecule has 268 valence electrons. The monoisotopic (exact) mass is 718 g/mol. The number of rotatable bonds is 5. The zero-order chi connectivity index (χ0) is 34.4. The second kappa shape index (κ2) is 17.7. The molecule has 2 aromatic rings. The summed E-state index contributed by atoms with van der Waals surface area (Å²) >= 11 is 9.49. The standard InChI is InChI=1S/C15H17N3O4S.C13H15N3O4.C3H6S.2CH4/c1-9(23)16-7-12-8-18(15(21)22-12)11-2-3-13-10(6-11)4-5-17(13)14(19)20;14-6-10-7-16(13(19)20-10)9-1-2-11-8(5-9)3-4-15(11)12(17)18;1-3(2)4;;/h2-3,6,12H,4-5,7-8H2,1H3,(H,16,23)(H,19,20);1-2,5,10H,3-4,6-7,14H2,(H,17,18);1-2H3;2*1H4/t12-;10-;;;/m00.../s1. The first-order valence-corrected chi connectivity index (χ1v) is 15.7. The third kappa shape index (κ3) is 9.99. The minimum absolute atomic E-state index is 0. The molecule has 0 bridgehead atoms. The van der Waals surface area contributed by atoms with Gasteiger partial charge in [0.1, 0.15) is 12.2 Å². The van der Waals surface area contributed by atoms with Crippen molar-refractivity contribution in [1.29, 1.82) is 0 Å². The van der Waals surface area contributed by atoms with E-state index in [1.54, 1.807) is 36.1 Å². The summed E-state index contributed by atoms with van der Waals surface area (Å²) < 4.78 is 10.4. The van der Waals surface area contributed by atoms with Crippen molar-refractivity contribution in [3.05, 3.63) is 47.5 Å². The van der Waals surface area contributed by atoms with Crippen molar-refractivity contribution in [1.82, 2.24) is 5.32 Å². The van der Waals surface area contributed by atoms with E-state index in [0.29, 0.717) is 68.5 Å². The first-order chi connectivity index (χ1) is 22.3. The fourth-order valence-corrected chi connectivity index (χ4v) is 5.54. The van der Waals surface area contributed by atoms with Crippen LogP contribution in [0, 0.1) is 0 Å². The van der Waals surface area contributed by atoms with Crippen LogP contribution in [0.25, 0.3) is 0 Å². The van der Waals surface area contributed by atoms with Crippen molar-refractivity contribution in [3.63, 3.8) is 0 Å². The van der Waals surface area contributed by atoms with Gasteiger partial charge in [0.15, 0.2) is 0 Å². The fourth-order valence-electron chi connectivity index (χ4n) is 5.46. The molecular formula is C33H46N6O8S2. The van der Waals surface area contributed by atoms with Crippen LogP contribution in [0.2, 0.25) is 0 Å². The molecule has 2 atom stereocenters. The maximum absolute atomic E-state index is 12.0. The molecule has 6 rings (SSSR count). The number of thiocarbonyl (C=S) groups is 2. The Morgan fingerprint density at radius 1 is 0.816 bits per heavy atom. The van der Waals surface area contributed by atoms with Crippen LogP contribution in [-0.4, -0.2) is 95.9 Å². The normalized spacial score (nSPS) is 18.3. The molecule has 0 aromatic heterocycles. The first kappa shape index (κ1) is 40.6. The van der Waals surface area contributed by atoms with Crippen molar-refractivity contribution in [2.45, 2.75) is 60.7 Å². The highest BCUT2D eigenvalue weighted by atomic mass is 32.1. The zero-order valence-electron chi connectivity index (χ0n) is 26.3. The molecule has 0 saturated carbocycles. The van der Waals surface area contributed by atoms with Crippen LogP contribution in [0.1, 0.15) is 46.8 Å². The van der Waals surface area contributed by atoms with E-state index in [-0.39, 0.29) is 27.1 Å². The van der Waals surface area contributed by atoms with Gasteiger partial charge in [0.25, 0.3) is 0 Å². The van der Waals surface area contributed by atoms with Crippen LogP contribution in [0.3, 0.4) is 0 Å². The molecule has 4 heterocycles. The molecule has 2 aromatic carbocycles. The maximum Gasteiger partial charge on any atom is 0.414 e. The van der Waals surface area contributed by atoms with Crippen molar-refractivity contribution >= 4 is 81.4 Å². The number of nitrogens with zero attached hydrogens (tertiary/aromatic N) is 4. The molecule has 2 saturated heterocycles. The van der Waals surface area contributed by atoms with E-state index in [1.807, 2.05) is 26.0 Å². The Balaban J connectivity index is 0.000000298. The van der Waals surface area contributed by atoms with Crippen LogP contribution in [-0.2, 0) is 22.3 Å². The molecule has 2 fully saturated rings. The number of hydrogen-bond donors (Lipinski definition) is 4. The highest BCUT2D eigenvalue weighted by Gasteiger charge is 2.34. The molecule has 49 heavy (non-hydrogen) atoms. The SMILES string of the molecule is C.C.CC(=S)NC[C@H]1CN(c2ccc3c(c2)CCN3C(=O)O)C(=O)O1.CC(C)=S.NC[C@H]1CN(c2ccc3c(c2)CCN3C(=O)O)C(=O)O1. The van der Waals surface area contributed by atoms with E-state index in [0.717, 1.165) is 27.4 Å². The van der Waals surface area contributed by atoms with Gasteiger partial charge in [-0.3, -0.25) is 19.6 Å². The predicted octanol–water partition coefficient (Wildman–Crippen LogP) is 5.67. The van der Waals surface area contributed by atoms with Gasteiger partial charge in [-0.25, -0.2) is 19.2 Å². The molecule has 4 aliphatic heterocycles. The Kier molecular flexibility index (Phi) is 14.7. The highest BCUT2D eigenvalue weighted by molar-refractivity contribution is 7.80. The number of anilines is 4. The lowest BCUT2D eigenvalue weighted by Crippen LogP contribution is -2.32. The quantitative estimate of drug-likeness (QED) is 0.279. The summed E-state index contributed by atoms with van der Waals surface area (Å²) in [4.78, 5) is 53.4. The third-order valence-corrected chi connectivity index (χ3v) is 7.74. The Morgan fingerprint density at radius 3 is 1.59 bits per heavy atom. The number of carbonyl (C=O) groups is 4. The van der Waals surface area contributed by atoms with Gasteiger partial charge >= 0.3 is 24.4 Å². The lowest BCUT2D eigenvalue weighted by Gasteiger charge is -2.16. The Hall–Kier alpha value is -4.54. The number of benzene rings is 2. The van der Waals surface area contributed by atoms with Crippen LogP contribution in [0.5, 0.6) is 0 Å². The maximum atomic E-state index is 12.0. The van der Waals surface area contributed by atoms with Gasteiger partial charge in [0, 0.05) is 31.0 Å². The molecule has 0 aliphatic carbocycles. The number of nitrogens with two attached hydrogens (primary N) is 1. The highest BCUT2D eigenvalue weighted by Crippen LogP contribution is 2.34. The second-order valence-corrected chi connectivity index (χ2v) is 12.7. The van der Waals surface area contributed by atoms with Gasteiger partial charge in [-0.15, -0.1) is 0 Å². The van der Waals surface area contributed by atoms with E-state index in [9.17, 15) is 19.2 Å². The minimum Gasteiger partial charge on any atom is -0.465 e. The Labute approximate surface area is 297 Å². The number of hydrogen-bond acceptors (Lipinski definition) is 9. The number of ether oxygens (including phenoxy) is 2. The van der Waals surface area contributed by atoms with Gasteiger partial charge in [-0.05, 0) is 86.0 Å². The van der Waals surface area contributed by atoms with E-state index >= 15 is 0 Å². The second-order valence-electron chi connectivity index (χ2n) is 11.3. The molecule has 4 aliphatic rings. The topological polar surface area (TPSA) is 178 Å². The van der Waals surface area contributed by atoms with E-state index in [4.69, 9.17) is 37.6 Å². The molecule has 0 unspecified atom stereocenters. The average Bonchev–Trinajstić information content (AvgIpc) is 3.79. The number of amides is 4. The summed E-state index contributed by atoms with van der Waals surface area (Å²) in [5.74, 6) is 0. The van der Waals surface area contributed by atoms with Crippen molar-refractivity contribution in [2.24, 2.45) is 5.73 Å². The minimum atomic E-state index is -0.959. The average molecular weight is 719 g/mol. The number of fused-ring (bicyclic) bond motifs is 2. The van der Waals surface area contributed by atoms with E-state index in [2.05, 4.69) is 17.5 Å². The lowest BCUT2D eigenvalue weighted by molar-refractivity contribution is 0.142. The summed E-state index contributed by atoms with van der Waals surface area (Å²) in [7, 11) is 0. The van der Waals surface area contributed by atoms with Crippen molar-refractivity contribution in [3.8, 4) is 0 Å². The number of carbonyl (C=O) groups excluding carboxylic acids is 2. The van der Waals surface area contributed by atoms with Gasteiger partial charge in [-0.2, -0.15) is 0 Å². The molecule has 4 amide bonds. The number of nitrogens with one attached hydrogen (secondary N) is 1. The molecule has 5 N–H and O–H groups in total. The Morgan fingerprint density at radius 2 is 1.22 bits per heavy atom. The van der Waals surface area contributed by atoms with Crippen molar-refractivity contribution < 1.29 is 38.9 Å². The van der Waals surface area contributed by atoms with E-state index < -0.39 is 24.4 Å². The summed E-state index contributed by atoms with van der Waals surface area (Å²) in [5, 5.41) is 21.2. The van der Waals surface area contributed by atoms with Gasteiger partial charge in [0.2, 0.25) is 0 Å². The molecule has 0 spiro atoms. The van der Waals surface area contributed by atoms with Crippen LogP contribution < -0.4 is 30.7 Å². The van der Waals surface area contributed by atoms with Gasteiger partial charge in [-0.1, -0.05) is 39.3 Å². The third-order valence-electron chi connectivity index (χ3n) is 7.59. The zero-order valence-corrected chi connectivity index (χ0v) is 27.9. The summed E-state index contributed by atoms with van der Waals surface area (Å²) in [6, 6.07) is 10.7. The summed E-state index contributed by atoms with van der Waals surface area (Å²) in [6.45, 7) is 8.11. The Bertz CT molecular complexity index is 1570. The number of cyclic esters (lactones) is 2. The molecule has 16 heteroatoms. The van der Waals surface area contributed by atoms with E-state index in [1.165, 1.54) is 14.7 Å². The molecule has 0 radical (unpaired) electrons. The van der Waals surface area contributed by atoms with Crippen LogP contribution in [0.15, 0.2) is 36.4 Å². The van der Waals surface area contributed by atoms with Gasteiger partial charge in [0.05, 0.1) is 36.0 Å². The van der Waals surface area contributed by atoms with Crippen LogP contribution in [0.4, 0.5) is 41.9 Å².